The molecule has 2 aromatic heterocycles. The van der Waals surface area contributed by atoms with Gasteiger partial charge in [-0.25, -0.2) is 14.8 Å². The molecule has 1 aliphatic heterocycles. The van der Waals surface area contributed by atoms with Gasteiger partial charge in [-0.15, -0.1) is 0 Å². The lowest BCUT2D eigenvalue weighted by atomic mass is 9.92. The van der Waals surface area contributed by atoms with Gasteiger partial charge in [0.1, 0.15) is 17.0 Å². The molecule has 28 heavy (non-hydrogen) atoms. The number of likely N-dealkylation sites (tertiary alicyclic amines) is 1. The largest absolute Gasteiger partial charge is 0.507 e. The minimum absolute atomic E-state index is 0.0694. The van der Waals surface area contributed by atoms with Crippen LogP contribution in [0.1, 0.15) is 40.4 Å². The van der Waals surface area contributed by atoms with Crippen LogP contribution in [0, 0.1) is 0 Å². The molecule has 3 heterocycles. The molecule has 0 radical (unpaired) electrons. The van der Waals surface area contributed by atoms with Crippen molar-refractivity contribution in [1.29, 1.82) is 0 Å². The van der Waals surface area contributed by atoms with E-state index in [0.29, 0.717) is 12.4 Å². The second kappa shape index (κ2) is 7.77. The molecule has 1 unspecified atom stereocenters. The average Bonchev–Trinajstić information content (AvgIpc) is 3.24. The number of aromatic amines is 1. The summed E-state index contributed by atoms with van der Waals surface area (Å²) in [7, 11) is 0. The summed E-state index contributed by atoms with van der Waals surface area (Å²) in [5, 5.41) is 18.9. The van der Waals surface area contributed by atoms with Crippen molar-refractivity contribution in [2.24, 2.45) is 0 Å². The monoisotopic (exact) mass is 379 g/mol. The molecule has 3 N–H and O–H groups in total. The van der Waals surface area contributed by atoms with E-state index in [1.54, 1.807) is 30.9 Å². The summed E-state index contributed by atoms with van der Waals surface area (Å²) < 4.78 is 0. The Labute approximate surface area is 161 Å². The first-order valence-electron chi connectivity index (χ1n) is 9.20. The van der Waals surface area contributed by atoms with E-state index in [0.717, 1.165) is 42.9 Å². The maximum absolute atomic E-state index is 11.3. The van der Waals surface area contributed by atoms with Gasteiger partial charge in [-0.05, 0) is 37.1 Å². The molecular weight excluding hydrogens is 358 g/mol. The molecule has 3 aromatic rings. The Bertz CT molecular complexity index is 974. The van der Waals surface area contributed by atoms with E-state index < -0.39 is 5.97 Å². The number of aromatic carboxylic acids is 1. The Kier molecular flexibility index (Phi) is 5.03. The predicted molar refractivity (Wildman–Crippen MR) is 102 cm³/mol. The van der Waals surface area contributed by atoms with E-state index in [9.17, 15) is 15.0 Å². The van der Waals surface area contributed by atoms with Crippen LogP contribution in [0.2, 0.25) is 0 Å². The summed E-state index contributed by atoms with van der Waals surface area (Å²) in [6.07, 6.45) is 8.88. The molecule has 1 atom stereocenters. The number of aromatic nitrogens is 4. The van der Waals surface area contributed by atoms with E-state index in [1.165, 1.54) is 12.1 Å². The number of nitrogens with zero attached hydrogens (tertiary/aromatic N) is 4. The standard InChI is InChI=1S/C20H21N5O3/c26-16-4-3-13(10-15(16)20(27)28)11-25-9-1-2-14(12-25)17-18(22-6-5-21-17)19-23-7-8-24-19/h3-8,10,14,26H,1-2,9,11-12H2,(H,23,24)(H,27,28). The van der Waals surface area contributed by atoms with Crippen LogP contribution >= 0.6 is 0 Å². The number of benzene rings is 1. The fraction of sp³-hybridized carbons (Fsp3) is 0.300. The van der Waals surface area contributed by atoms with Crippen molar-refractivity contribution in [2.45, 2.75) is 25.3 Å². The van der Waals surface area contributed by atoms with Crippen LogP contribution in [-0.2, 0) is 6.54 Å². The summed E-state index contributed by atoms with van der Waals surface area (Å²) in [5.74, 6) is -0.405. The fourth-order valence-electron chi connectivity index (χ4n) is 3.76. The van der Waals surface area contributed by atoms with Crippen molar-refractivity contribution >= 4 is 5.97 Å². The Balaban J connectivity index is 1.53. The van der Waals surface area contributed by atoms with Crippen LogP contribution in [0.4, 0.5) is 0 Å². The molecule has 1 saturated heterocycles. The number of carboxylic acid groups (broad SMARTS) is 1. The lowest BCUT2D eigenvalue weighted by Crippen LogP contribution is -2.34. The molecule has 0 saturated carbocycles. The first-order valence-corrected chi connectivity index (χ1v) is 9.20. The molecule has 0 bridgehead atoms. The third kappa shape index (κ3) is 3.72. The zero-order chi connectivity index (χ0) is 19.5. The van der Waals surface area contributed by atoms with Crippen molar-refractivity contribution in [3.8, 4) is 17.3 Å². The molecule has 0 aliphatic carbocycles. The van der Waals surface area contributed by atoms with Gasteiger partial charge in [-0.3, -0.25) is 9.88 Å². The van der Waals surface area contributed by atoms with Gasteiger partial charge in [0, 0.05) is 43.8 Å². The van der Waals surface area contributed by atoms with Gasteiger partial charge in [-0.2, -0.15) is 0 Å². The average molecular weight is 379 g/mol. The molecule has 1 aliphatic rings. The number of aromatic hydroxyl groups is 1. The number of nitrogens with one attached hydrogen (secondary N) is 1. The van der Waals surface area contributed by atoms with Crippen LogP contribution in [0.3, 0.4) is 0 Å². The smallest absolute Gasteiger partial charge is 0.339 e. The number of imidazole rings is 1. The SMILES string of the molecule is O=C(O)c1cc(CN2CCCC(c3nccnc3-c3ncc[nH]3)C2)ccc1O. The maximum Gasteiger partial charge on any atom is 0.339 e. The lowest BCUT2D eigenvalue weighted by molar-refractivity contribution is 0.0693. The van der Waals surface area contributed by atoms with Gasteiger partial charge in [0.05, 0.1) is 5.69 Å². The van der Waals surface area contributed by atoms with Gasteiger partial charge in [0.2, 0.25) is 0 Å². The Morgan fingerprint density at radius 1 is 1.21 bits per heavy atom. The van der Waals surface area contributed by atoms with Gasteiger partial charge < -0.3 is 15.2 Å². The Morgan fingerprint density at radius 3 is 2.86 bits per heavy atom. The van der Waals surface area contributed by atoms with Gasteiger partial charge in [0.25, 0.3) is 0 Å². The fourth-order valence-corrected chi connectivity index (χ4v) is 3.76. The van der Waals surface area contributed by atoms with Crippen molar-refractivity contribution in [2.75, 3.05) is 13.1 Å². The number of carboxylic acids is 1. The Hall–Kier alpha value is -3.26. The summed E-state index contributed by atoms with van der Waals surface area (Å²) >= 11 is 0. The lowest BCUT2D eigenvalue weighted by Gasteiger charge is -2.33. The highest BCUT2D eigenvalue weighted by molar-refractivity contribution is 5.90. The van der Waals surface area contributed by atoms with E-state index in [-0.39, 0.29) is 17.2 Å². The number of carbonyl (C=O) groups is 1. The van der Waals surface area contributed by atoms with E-state index in [4.69, 9.17) is 0 Å². The normalized spacial score (nSPS) is 17.5. The zero-order valence-corrected chi connectivity index (χ0v) is 15.2. The highest BCUT2D eigenvalue weighted by Gasteiger charge is 2.26. The molecule has 0 spiro atoms. The van der Waals surface area contributed by atoms with Crippen molar-refractivity contribution in [3.05, 3.63) is 59.8 Å². The number of hydrogen-bond donors (Lipinski definition) is 3. The molecular formula is C20H21N5O3. The molecule has 0 amide bonds. The first-order chi connectivity index (χ1) is 13.6. The number of rotatable bonds is 5. The minimum Gasteiger partial charge on any atom is -0.507 e. The summed E-state index contributed by atoms with van der Waals surface area (Å²) in [6.45, 7) is 2.35. The second-order valence-electron chi connectivity index (χ2n) is 6.96. The van der Waals surface area contributed by atoms with E-state index in [2.05, 4.69) is 24.8 Å². The van der Waals surface area contributed by atoms with E-state index >= 15 is 0 Å². The summed E-state index contributed by atoms with van der Waals surface area (Å²) in [4.78, 5) is 30.0. The number of hydrogen-bond acceptors (Lipinski definition) is 6. The van der Waals surface area contributed by atoms with Gasteiger partial charge >= 0.3 is 5.97 Å². The molecule has 144 valence electrons. The number of piperidine rings is 1. The first kappa shape index (κ1) is 18.1. The van der Waals surface area contributed by atoms with Crippen molar-refractivity contribution < 1.29 is 15.0 Å². The minimum atomic E-state index is -1.13. The predicted octanol–water partition coefficient (Wildman–Crippen LogP) is 2.65. The summed E-state index contributed by atoms with van der Waals surface area (Å²) in [6, 6.07) is 4.75. The van der Waals surface area contributed by atoms with Gasteiger partial charge in [0.15, 0.2) is 5.82 Å². The maximum atomic E-state index is 11.3. The second-order valence-corrected chi connectivity index (χ2v) is 6.96. The third-order valence-corrected chi connectivity index (χ3v) is 5.04. The van der Waals surface area contributed by atoms with Crippen LogP contribution in [-0.4, -0.2) is 54.1 Å². The highest BCUT2D eigenvalue weighted by atomic mass is 16.4. The molecule has 8 nitrogen and oxygen atoms in total. The third-order valence-electron chi connectivity index (χ3n) is 5.04. The zero-order valence-electron chi connectivity index (χ0n) is 15.2. The Morgan fingerprint density at radius 2 is 2.07 bits per heavy atom. The summed E-state index contributed by atoms with van der Waals surface area (Å²) in [5.41, 5.74) is 2.50. The number of H-pyrrole nitrogens is 1. The van der Waals surface area contributed by atoms with Crippen molar-refractivity contribution in [1.82, 2.24) is 24.8 Å². The van der Waals surface area contributed by atoms with Crippen molar-refractivity contribution in [3.63, 3.8) is 0 Å². The van der Waals surface area contributed by atoms with E-state index in [1.807, 2.05) is 0 Å². The van der Waals surface area contributed by atoms with Gasteiger partial charge in [-0.1, -0.05) is 6.07 Å². The van der Waals surface area contributed by atoms with Crippen LogP contribution < -0.4 is 0 Å². The molecule has 1 aromatic carbocycles. The molecule has 4 rings (SSSR count). The molecule has 1 fully saturated rings. The highest BCUT2D eigenvalue weighted by Crippen LogP contribution is 2.31. The quantitative estimate of drug-likeness (QED) is 0.624. The van der Waals surface area contributed by atoms with Crippen LogP contribution in [0.15, 0.2) is 43.0 Å². The van der Waals surface area contributed by atoms with Crippen LogP contribution in [0.25, 0.3) is 11.5 Å². The molecule has 8 heteroatoms. The topological polar surface area (TPSA) is 115 Å². The number of phenols is 1. The van der Waals surface area contributed by atoms with Crippen LogP contribution in [0.5, 0.6) is 5.75 Å².